The fourth-order valence-corrected chi connectivity index (χ4v) is 4.28. The summed E-state index contributed by atoms with van der Waals surface area (Å²) in [7, 11) is 0. The lowest BCUT2D eigenvalue weighted by Gasteiger charge is -2.39. The van der Waals surface area contributed by atoms with E-state index < -0.39 is 0 Å². The smallest absolute Gasteiger partial charge is 0.251 e. The molecule has 1 aliphatic rings. The van der Waals surface area contributed by atoms with Crippen molar-refractivity contribution in [2.75, 3.05) is 19.6 Å². The molecule has 1 unspecified atom stereocenters. The van der Waals surface area contributed by atoms with E-state index in [1.807, 2.05) is 71.6 Å². The van der Waals surface area contributed by atoms with Gasteiger partial charge in [-0.15, -0.1) is 0 Å². The Labute approximate surface area is 193 Å². The van der Waals surface area contributed by atoms with Crippen LogP contribution in [0.3, 0.4) is 0 Å². The molecular formula is C27H26N4O2. The third-order valence-electron chi connectivity index (χ3n) is 5.99. The largest absolute Gasteiger partial charge is 0.337 e. The summed E-state index contributed by atoms with van der Waals surface area (Å²) in [5.41, 5.74) is 3.14. The van der Waals surface area contributed by atoms with E-state index in [2.05, 4.69) is 39.3 Å². The van der Waals surface area contributed by atoms with Gasteiger partial charge in [0.25, 0.3) is 5.89 Å². The normalized spacial score (nSPS) is 16.6. The third kappa shape index (κ3) is 5.02. The number of rotatable bonds is 6. The Hall–Kier alpha value is -3.77. The number of hydrogen-bond acceptors (Lipinski definition) is 5. The third-order valence-corrected chi connectivity index (χ3v) is 5.99. The molecule has 0 saturated carbocycles. The van der Waals surface area contributed by atoms with E-state index in [1.165, 1.54) is 5.56 Å². The number of aromatic nitrogens is 2. The fourth-order valence-electron chi connectivity index (χ4n) is 4.28. The van der Waals surface area contributed by atoms with Gasteiger partial charge in [-0.3, -0.25) is 9.69 Å². The number of benzene rings is 3. The van der Waals surface area contributed by atoms with Crippen molar-refractivity contribution in [1.29, 1.82) is 0 Å². The van der Waals surface area contributed by atoms with E-state index in [0.717, 1.165) is 24.2 Å². The van der Waals surface area contributed by atoms with Gasteiger partial charge in [-0.25, -0.2) is 0 Å². The summed E-state index contributed by atoms with van der Waals surface area (Å²) in [6.45, 7) is 2.88. The van der Waals surface area contributed by atoms with Gasteiger partial charge in [-0.1, -0.05) is 96.2 Å². The Morgan fingerprint density at radius 3 is 2.18 bits per heavy atom. The lowest BCUT2D eigenvalue weighted by Crippen LogP contribution is -2.50. The fraction of sp³-hybridized carbons (Fsp3) is 0.222. The maximum atomic E-state index is 13.3. The second-order valence-electron chi connectivity index (χ2n) is 8.31. The molecule has 33 heavy (non-hydrogen) atoms. The van der Waals surface area contributed by atoms with Crippen LogP contribution in [0.1, 0.15) is 23.1 Å². The molecule has 1 saturated heterocycles. The molecule has 166 valence electrons. The summed E-state index contributed by atoms with van der Waals surface area (Å²) >= 11 is 0. The van der Waals surface area contributed by atoms with Crippen LogP contribution >= 0.6 is 0 Å². The quantitative estimate of drug-likeness (QED) is 0.448. The summed E-state index contributed by atoms with van der Waals surface area (Å²) in [5.74, 6) is 1.10. The number of amides is 1. The van der Waals surface area contributed by atoms with Crippen molar-refractivity contribution in [1.82, 2.24) is 19.9 Å². The molecule has 0 aliphatic carbocycles. The highest BCUT2D eigenvalue weighted by atomic mass is 16.5. The highest BCUT2D eigenvalue weighted by molar-refractivity contribution is 5.79. The monoisotopic (exact) mass is 438 g/mol. The van der Waals surface area contributed by atoms with Crippen molar-refractivity contribution in [3.8, 4) is 11.4 Å². The van der Waals surface area contributed by atoms with Gasteiger partial charge >= 0.3 is 0 Å². The van der Waals surface area contributed by atoms with Gasteiger partial charge in [-0.2, -0.15) is 4.98 Å². The molecular weight excluding hydrogens is 412 g/mol. The zero-order valence-corrected chi connectivity index (χ0v) is 18.4. The first-order chi connectivity index (χ1) is 16.3. The molecule has 1 aliphatic heterocycles. The van der Waals surface area contributed by atoms with Crippen molar-refractivity contribution in [2.24, 2.45) is 0 Å². The highest BCUT2D eigenvalue weighted by Gasteiger charge is 2.35. The van der Waals surface area contributed by atoms with Crippen LogP contribution < -0.4 is 0 Å². The van der Waals surface area contributed by atoms with Gasteiger partial charge in [0, 0.05) is 31.7 Å². The van der Waals surface area contributed by atoms with Crippen LogP contribution in [0.5, 0.6) is 0 Å². The summed E-state index contributed by atoms with van der Waals surface area (Å²) in [4.78, 5) is 22.2. The molecule has 2 heterocycles. The number of nitrogens with zero attached hydrogens (tertiary/aromatic N) is 4. The molecule has 3 aromatic carbocycles. The SMILES string of the molecule is O=C(Cc1ccccc1)N1CCN(Cc2ccccc2)CC1c1nc(-c2ccccc2)no1. The van der Waals surface area contributed by atoms with E-state index in [4.69, 9.17) is 4.52 Å². The molecule has 0 bridgehead atoms. The van der Waals surface area contributed by atoms with Gasteiger partial charge in [0.2, 0.25) is 11.7 Å². The maximum Gasteiger partial charge on any atom is 0.251 e. The Balaban J connectivity index is 1.39. The molecule has 6 heteroatoms. The molecule has 0 N–H and O–H groups in total. The minimum Gasteiger partial charge on any atom is -0.337 e. The Morgan fingerprint density at radius 2 is 1.48 bits per heavy atom. The van der Waals surface area contributed by atoms with E-state index in [0.29, 0.717) is 31.2 Å². The maximum absolute atomic E-state index is 13.3. The van der Waals surface area contributed by atoms with Gasteiger partial charge in [0.1, 0.15) is 6.04 Å². The highest BCUT2D eigenvalue weighted by Crippen LogP contribution is 2.28. The van der Waals surface area contributed by atoms with E-state index >= 15 is 0 Å². The van der Waals surface area contributed by atoms with Gasteiger partial charge in [0.05, 0.1) is 6.42 Å². The van der Waals surface area contributed by atoms with Crippen molar-refractivity contribution >= 4 is 5.91 Å². The average molecular weight is 439 g/mol. The first-order valence-corrected chi connectivity index (χ1v) is 11.2. The van der Waals surface area contributed by atoms with Gasteiger partial charge in [0.15, 0.2) is 0 Å². The second-order valence-corrected chi connectivity index (χ2v) is 8.31. The van der Waals surface area contributed by atoms with Crippen LogP contribution in [0.4, 0.5) is 0 Å². The summed E-state index contributed by atoms with van der Waals surface area (Å²) < 4.78 is 5.71. The van der Waals surface area contributed by atoms with Crippen LogP contribution in [0, 0.1) is 0 Å². The Morgan fingerprint density at radius 1 is 0.848 bits per heavy atom. The zero-order valence-electron chi connectivity index (χ0n) is 18.4. The lowest BCUT2D eigenvalue weighted by molar-refractivity contribution is -0.136. The molecule has 0 radical (unpaired) electrons. The van der Waals surface area contributed by atoms with Crippen molar-refractivity contribution in [3.63, 3.8) is 0 Å². The predicted octanol–water partition coefficient (Wildman–Crippen LogP) is 4.36. The first-order valence-electron chi connectivity index (χ1n) is 11.2. The molecule has 1 aromatic heterocycles. The summed E-state index contributed by atoms with van der Waals surface area (Å²) in [5, 5.41) is 4.21. The summed E-state index contributed by atoms with van der Waals surface area (Å²) in [6.07, 6.45) is 0.357. The topological polar surface area (TPSA) is 62.5 Å². The molecule has 1 fully saturated rings. The number of carbonyl (C=O) groups is 1. The number of hydrogen-bond donors (Lipinski definition) is 0. The molecule has 1 atom stereocenters. The molecule has 0 spiro atoms. The first kappa shape index (κ1) is 21.1. The number of carbonyl (C=O) groups excluding carboxylic acids is 1. The van der Waals surface area contributed by atoms with Crippen LogP contribution in [0.25, 0.3) is 11.4 Å². The molecule has 6 nitrogen and oxygen atoms in total. The molecule has 5 rings (SSSR count). The van der Waals surface area contributed by atoms with E-state index in [-0.39, 0.29) is 11.9 Å². The lowest BCUT2D eigenvalue weighted by atomic mass is 10.1. The van der Waals surface area contributed by atoms with Crippen LogP contribution in [0.15, 0.2) is 95.5 Å². The Kier molecular flexibility index (Phi) is 6.26. The van der Waals surface area contributed by atoms with E-state index in [9.17, 15) is 4.79 Å². The molecule has 1 amide bonds. The van der Waals surface area contributed by atoms with Crippen molar-refractivity contribution in [3.05, 3.63) is 108 Å². The zero-order chi connectivity index (χ0) is 22.5. The van der Waals surface area contributed by atoms with Crippen molar-refractivity contribution < 1.29 is 9.32 Å². The molecule has 4 aromatic rings. The average Bonchev–Trinajstić information content (AvgIpc) is 3.36. The van der Waals surface area contributed by atoms with Gasteiger partial charge in [-0.05, 0) is 11.1 Å². The summed E-state index contributed by atoms with van der Waals surface area (Å²) in [6, 6.07) is 29.7. The minimum atomic E-state index is -0.288. The van der Waals surface area contributed by atoms with Crippen LogP contribution in [0.2, 0.25) is 0 Å². The minimum absolute atomic E-state index is 0.0741. The van der Waals surface area contributed by atoms with E-state index in [1.54, 1.807) is 0 Å². The number of piperazine rings is 1. The Bertz CT molecular complexity index is 1180. The predicted molar refractivity (Wildman–Crippen MR) is 126 cm³/mol. The van der Waals surface area contributed by atoms with Gasteiger partial charge < -0.3 is 9.42 Å². The van der Waals surface area contributed by atoms with Crippen LogP contribution in [-0.4, -0.2) is 45.5 Å². The van der Waals surface area contributed by atoms with Crippen LogP contribution in [-0.2, 0) is 17.8 Å². The van der Waals surface area contributed by atoms with Crippen molar-refractivity contribution in [2.45, 2.75) is 19.0 Å². The standard InChI is InChI=1S/C27H26N4O2/c32-25(18-21-10-4-1-5-11-21)31-17-16-30(19-22-12-6-2-7-13-22)20-24(31)27-28-26(29-33-27)23-14-8-3-9-15-23/h1-15,24H,16-20H2. The second kappa shape index (κ2) is 9.79.